The molecule has 170 valence electrons. The lowest BCUT2D eigenvalue weighted by Gasteiger charge is -2.52. The highest BCUT2D eigenvalue weighted by molar-refractivity contribution is 5.82. The zero-order valence-corrected chi connectivity index (χ0v) is 20.6. The summed E-state index contributed by atoms with van der Waals surface area (Å²) in [6, 6.07) is 17.7. The van der Waals surface area contributed by atoms with Crippen molar-refractivity contribution in [1.82, 2.24) is 0 Å². The molecule has 2 unspecified atom stereocenters. The van der Waals surface area contributed by atoms with Crippen LogP contribution in [0, 0.1) is 54.3 Å². The molecule has 0 saturated carbocycles. The third kappa shape index (κ3) is 3.30. The van der Waals surface area contributed by atoms with Gasteiger partial charge in [0.1, 0.15) is 12.4 Å². The van der Waals surface area contributed by atoms with E-state index in [0.717, 1.165) is 18.4 Å². The van der Waals surface area contributed by atoms with Crippen LogP contribution in [0.1, 0.15) is 51.7 Å². The molecule has 2 aliphatic carbocycles. The van der Waals surface area contributed by atoms with Gasteiger partial charge in [-0.15, -0.1) is 19.3 Å². The fourth-order valence-corrected chi connectivity index (χ4v) is 6.63. The lowest BCUT2D eigenvalue weighted by atomic mass is 9.50. The van der Waals surface area contributed by atoms with Crippen LogP contribution in [0.15, 0.2) is 71.5 Å². The quantitative estimate of drug-likeness (QED) is 0.445. The summed E-state index contributed by atoms with van der Waals surface area (Å²) in [7, 11) is 0. The third-order valence-electron chi connectivity index (χ3n) is 7.71. The van der Waals surface area contributed by atoms with Gasteiger partial charge in [0.05, 0.1) is 5.57 Å². The maximum Gasteiger partial charge on any atom is 0.148 e. The molecule has 0 N–H and O–H groups in total. The Labute approximate surface area is 205 Å². The van der Waals surface area contributed by atoms with E-state index >= 15 is 0 Å². The normalized spacial score (nSPS) is 19.1. The first kappa shape index (κ1) is 23.6. The first-order chi connectivity index (χ1) is 16.4. The molecule has 0 amide bonds. The minimum Gasteiger partial charge on any atom is -0.479 e. The van der Waals surface area contributed by atoms with Crippen LogP contribution in [0.3, 0.4) is 0 Å². The fourth-order valence-electron chi connectivity index (χ4n) is 6.63. The molecule has 4 rings (SSSR count). The number of rotatable bonds is 5. The Balaban J connectivity index is 2.02. The molecule has 2 aromatic rings. The molecule has 0 saturated heterocycles. The molecular formula is C33H32O. The van der Waals surface area contributed by atoms with Gasteiger partial charge in [-0.3, -0.25) is 0 Å². The van der Waals surface area contributed by atoms with Crippen LogP contribution >= 0.6 is 0 Å². The van der Waals surface area contributed by atoms with Crippen LogP contribution in [0.4, 0.5) is 0 Å². The van der Waals surface area contributed by atoms with Gasteiger partial charge in [0.25, 0.3) is 0 Å². The van der Waals surface area contributed by atoms with Crippen LogP contribution in [0.25, 0.3) is 11.1 Å². The Morgan fingerprint density at radius 2 is 1.56 bits per heavy atom. The Morgan fingerprint density at radius 1 is 0.971 bits per heavy atom. The predicted molar refractivity (Wildman–Crippen MR) is 142 cm³/mol. The van der Waals surface area contributed by atoms with Gasteiger partial charge in [0, 0.05) is 16.9 Å². The smallest absolute Gasteiger partial charge is 0.148 e. The Kier molecular flexibility index (Phi) is 6.22. The summed E-state index contributed by atoms with van der Waals surface area (Å²) in [5.41, 5.74) is 6.62. The van der Waals surface area contributed by atoms with Crippen molar-refractivity contribution < 1.29 is 4.74 Å². The highest BCUT2D eigenvalue weighted by Gasteiger charge is 2.57. The van der Waals surface area contributed by atoms with E-state index in [1.165, 1.54) is 22.3 Å². The van der Waals surface area contributed by atoms with E-state index in [1.807, 2.05) is 0 Å². The summed E-state index contributed by atoms with van der Waals surface area (Å²) >= 11 is 0. The van der Waals surface area contributed by atoms with Crippen molar-refractivity contribution in [2.45, 2.75) is 46.0 Å². The van der Waals surface area contributed by atoms with Crippen LogP contribution in [-0.2, 0) is 10.2 Å². The van der Waals surface area contributed by atoms with Gasteiger partial charge < -0.3 is 4.74 Å². The molecule has 0 bridgehead atoms. The first-order valence-corrected chi connectivity index (χ1v) is 12.0. The second kappa shape index (κ2) is 8.98. The average Bonchev–Trinajstić information content (AvgIpc) is 3.15. The third-order valence-corrected chi connectivity index (χ3v) is 7.71. The molecule has 1 nitrogen and oxygen atoms in total. The van der Waals surface area contributed by atoms with E-state index in [1.54, 1.807) is 0 Å². The molecule has 0 radical (unpaired) electrons. The van der Waals surface area contributed by atoms with Gasteiger partial charge in [-0.05, 0) is 40.0 Å². The predicted octanol–water partition coefficient (Wildman–Crippen LogP) is 7.14. The van der Waals surface area contributed by atoms with Gasteiger partial charge in [0.15, 0.2) is 0 Å². The number of benzene rings is 2. The summed E-state index contributed by atoms with van der Waals surface area (Å²) in [6.45, 7) is 9.48. The van der Waals surface area contributed by atoms with Gasteiger partial charge in [-0.2, -0.15) is 0 Å². The van der Waals surface area contributed by atoms with E-state index in [2.05, 4.69) is 100 Å². The molecule has 34 heavy (non-hydrogen) atoms. The fraction of sp³-hybridized carbons (Fsp3) is 0.333. The molecule has 0 heterocycles. The van der Waals surface area contributed by atoms with Crippen molar-refractivity contribution in [2.24, 2.45) is 17.3 Å². The van der Waals surface area contributed by atoms with E-state index < -0.39 is 0 Å². The first-order valence-electron chi connectivity index (χ1n) is 12.0. The van der Waals surface area contributed by atoms with Gasteiger partial charge in [0.2, 0.25) is 0 Å². The maximum atomic E-state index is 6.17. The average molecular weight is 445 g/mol. The highest BCUT2D eigenvalue weighted by Crippen LogP contribution is 2.64. The van der Waals surface area contributed by atoms with E-state index in [9.17, 15) is 0 Å². The number of allylic oxidation sites excluding steroid dienone is 3. The number of fused-ring (bicyclic) bond motifs is 3. The van der Waals surface area contributed by atoms with Crippen molar-refractivity contribution in [1.29, 1.82) is 0 Å². The zero-order valence-electron chi connectivity index (χ0n) is 20.6. The summed E-state index contributed by atoms with van der Waals surface area (Å²) in [4.78, 5) is 0. The maximum absolute atomic E-state index is 6.17. The van der Waals surface area contributed by atoms with Crippen molar-refractivity contribution in [3.63, 3.8) is 0 Å². The van der Waals surface area contributed by atoms with Crippen LogP contribution in [-0.4, -0.2) is 6.61 Å². The summed E-state index contributed by atoms with van der Waals surface area (Å²) in [6.07, 6.45) is 21.3. The van der Waals surface area contributed by atoms with Crippen molar-refractivity contribution in [2.75, 3.05) is 6.61 Å². The Hall–Kier alpha value is -3.60. The molecule has 0 aromatic heterocycles. The standard InChI is InChI=1S/C33H32O/c1-8-22-34-31-23(9-2)20-21-27(24(31)10-3)28(11-4)33(32(5,6)7)29-18-14-12-16-25(29)26-17-13-15-19-30(26)33/h1-3,12-20,27-28H,11,21-22H2,4-7H3. The monoisotopic (exact) mass is 444 g/mol. The topological polar surface area (TPSA) is 9.23 Å². The van der Waals surface area contributed by atoms with Gasteiger partial charge in [-0.25, -0.2) is 0 Å². The molecule has 2 atom stereocenters. The number of terminal acetylenes is 3. The summed E-state index contributed by atoms with van der Waals surface area (Å²) in [5.74, 6) is 9.20. The van der Waals surface area contributed by atoms with Gasteiger partial charge >= 0.3 is 0 Å². The Bertz CT molecular complexity index is 1240. The highest BCUT2D eigenvalue weighted by atomic mass is 16.5. The molecule has 0 aliphatic heterocycles. The van der Waals surface area contributed by atoms with Crippen molar-refractivity contribution >= 4 is 0 Å². The second-order valence-electron chi connectivity index (χ2n) is 10.1. The number of hydrogen-bond donors (Lipinski definition) is 0. The lowest BCUT2D eigenvalue weighted by Crippen LogP contribution is -2.49. The molecule has 2 aliphatic rings. The van der Waals surface area contributed by atoms with Crippen LogP contribution in [0.2, 0.25) is 0 Å². The van der Waals surface area contributed by atoms with Crippen LogP contribution < -0.4 is 0 Å². The molecule has 1 heteroatoms. The molecular weight excluding hydrogens is 412 g/mol. The minimum atomic E-state index is -0.236. The van der Waals surface area contributed by atoms with E-state index in [4.69, 9.17) is 24.0 Å². The molecule has 0 spiro atoms. The lowest BCUT2D eigenvalue weighted by molar-refractivity contribution is 0.109. The summed E-state index contributed by atoms with van der Waals surface area (Å²) in [5, 5.41) is 0. The van der Waals surface area contributed by atoms with Crippen molar-refractivity contribution in [3.05, 3.63) is 82.6 Å². The summed E-state index contributed by atoms with van der Waals surface area (Å²) < 4.78 is 5.97. The van der Waals surface area contributed by atoms with E-state index in [-0.39, 0.29) is 29.3 Å². The SMILES string of the molecule is C#CCOC1=C(C#C)C(C(CC)C2(C(C)(C)C)c3ccccc3-c3ccccc32)CC=C1C#C. The molecule has 0 fully saturated rings. The van der Waals surface area contributed by atoms with Gasteiger partial charge in [-0.1, -0.05) is 106 Å². The largest absolute Gasteiger partial charge is 0.479 e. The number of ether oxygens (including phenoxy) is 1. The molecule has 2 aromatic carbocycles. The zero-order chi connectivity index (χ0) is 24.5. The van der Waals surface area contributed by atoms with Crippen LogP contribution in [0.5, 0.6) is 0 Å². The second-order valence-corrected chi connectivity index (χ2v) is 10.1. The van der Waals surface area contributed by atoms with E-state index in [0.29, 0.717) is 11.3 Å². The minimum absolute atomic E-state index is 0.0773. The Morgan fingerprint density at radius 3 is 2.03 bits per heavy atom. The van der Waals surface area contributed by atoms with Crippen molar-refractivity contribution in [3.8, 4) is 48.2 Å². The number of hydrogen-bond acceptors (Lipinski definition) is 1.